The molecule has 2 aromatic carbocycles. The van der Waals surface area contributed by atoms with E-state index in [0.717, 1.165) is 0 Å². The van der Waals surface area contributed by atoms with Gasteiger partial charge in [0, 0.05) is 11.1 Å². The van der Waals surface area contributed by atoms with Crippen molar-refractivity contribution in [2.75, 3.05) is 12.3 Å². The topological polar surface area (TPSA) is 52.3 Å². The highest BCUT2D eigenvalue weighted by molar-refractivity contribution is 6.11. The fourth-order valence-corrected chi connectivity index (χ4v) is 2.39. The van der Waals surface area contributed by atoms with Crippen molar-refractivity contribution in [3.8, 4) is 5.75 Å². The van der Waals surface area contributed by atoms with Crippen LogP contribution in [-0.2, 0) is 0 Å². The first-order valence-electron chi connectivity index (χ1n) is 6.77. The number of halogens is 1. The minimum absolute atomic E-state index is 0.167. The van der Waals surface area contributed by atoms with Crippen molar-refractivity contribution in [3.63, 3.8) is 0 Å². The van der Waals surface area contributed by atoms with Crippen molar-refractivity contribution < 1.29 is 13.9 Å². The highest BCUT2D eigenvalue weighted by atomic mass is 19.1. The van der Waals surface area contributed by atoms with Crippen molar-refractivity contribution in [3.05, 3.63) is 58.4 Å². The number of aryl methyl sites for hydroxylation is 2. The van der Waals surface area contributed by atoms with E-state index in [1.165, 1.54) is 12.1 Å². The Bertz CT molecular complexity index is 672. The molecule has 0 aliphatic rings. The monoisotopic (exact) mass is 287 g/mol. The highest BCUT2D eigenvalue weighted by Gasteiger charge is 2.16. The maximum Gasteiger partial charge on any atom is 0.193 e. The molecule has 0 unspecified atom stereocenters. The van der Waals surface area contributed by atoms with Crippen molar-refractivity contribution in [1.29, 1.82) is 0 Å². The van der Waals surface area contributed by atoms with Crippen LogP contribution >= 0.6 is 0 Å². The average Bonchev–Trinajstić information content (AvgIpc) is 2.40. The summed E-state index contributed by atoms with van der Waals surface area (Å²) in [5.41, 5.74) is 8.51. The van der Waals surface area contributed by atoms with Gasteiger partial charge in [-0.25, -0.2) is 4.39 Å². The van der Waals surface area contributed by atoms with Crippen LogP contribution in [0.25, 0.3) is 0 Å². The fraction of sp³-hybridized carbons (Fsp3) is 0.235. The van der Waals surface area contributed by atoms with E-state index in [1.807, 2.05) is 6.92 Å². The zero-order chi connectivity index (χ0) is 15.6. The molecule has 0 saturated carbocycles. The lowest BCUT2D eigenvalue weighted by molar-refractivity contribution is 0.103. The van der Waals surface area contributed by atoms with Crippen molar-refractivity contribution in [1.82, 2.24) is 0 Å². The number of benzene rings is 2. The Hall–Kier alpha value is -2.36. The van der Waals surface area contributed by atoms with Crippen LogP contribution in [0.15, 0.2) is 30.3 Å². The van der Waals surface area contributed by atoms with E-state index in [-0.39, 0.29) is 11.6 Å². The Labute approximate surface area is 123 Å². The summed E-state index contributed by atoms with van der Waals surface area (Å²) in [4.78, 5) is 12.6. The molecule has 0 heterocycles. The van der Waals surface area contributed by atoms with Gasteiger partial charge in [0.05, 0.1) is 12.3 Å². The lowest BCUT2D eigenvalue weighted by Gasteiger charge is -2.11. The SMILES string of the molecule is CCOc1ccc(C(=O)c2c(C)cc(F)cc2C)cc1N. The molecule has 3 nitrogen and oxygen atoms in total. The van der Waals surface area contributed by atoms with E-state index in [1.54, 1.807) is 32.0 Å². The Morgan fingerprint density at radius 3 is 2.33 bits per heavy atom. The van der Waals surface area contributed by atoms with Crippen LogP contribution < -0.4 is 10.5 Å². The minimum Gasteiger partial charge on any atom is -0.492 e. The Balaban J connectivity index is 2.43. The number of anilines is 1. The zero-order valence-corrected chi connectivity index (χ0v) is 12.4. The van der Waals surface area contributed by atoms with Gasteiger partial charge in [0.2, 0.25) is 0 Å². The molecule has 2 rings (SSSR count). The van der Waals surface area contributed by atoms with Gasteiger partial charge >= 0.3 is 0 Å². The molecule has 2 aromatic rings. The first-order chi connectivity index (χ1) is 9.93. The first kappa shape index (κ1) is 15.0. The third-order valence-electron chi connectivity index (χ3n) is 3.30. The van der Waals surface area contributed by atoms with Gasteiger partial charge < -0.3 is 10.5 Å². The molecule has 0 radical (unpaired) electrons. The Kier molecular flexibility index (Phi) is 4.26. The van der Waals surface area contributed by atoms with Gasteiger partial charge in [-0.3, -0.25) is 4.79 Å². The van der Waals surface area contributed by atoms with Crippen LogP contribution in [0.5, 0.6) is 5.75 Å². The normalized spacial score (nSPS) is 10.5. The first-order valence-corrected chi connectivity index (χ1v) is 6.77. The molecule has 0 atom stereocenters. The molecule has 0 aliphatic carbocycles. The maximum absolute atomic E-state index is 13.3. The summed E-state index contributed by atoms with van der Waals surface area (Å²) in [7, 11) is 0. The van der Waals surface area contributed by atoms with Gasteiger partial charge in [0.1, 0.15) is 11.6 Å². The quantitative estimate of drug-likeness (QED) is 0.689. The lowest BCUT2D eigenvalue weighted by atomic mass is 9.94. The molecule has 0 amide bonds. The predicted octanol–water partition coefficient (Wildman–Crippen LogP) is 3.65. The number of carbonyl (C=O) groups is 1. The van der Waals surface area contributed by atoms with Crippen molar-refractivity contribution in [2.45, 2.75) is 20.8 Å². The van der Waals surface area contributed by atoms with Gasteiger partial charge in [-0.1, -0.05) is 0 Å². The molecule has 0 bridgehead atoms. The predicted molar refractivity (Wildman–Crippen MR) is 81.3 cm³/mol. The van der Waals surface area contributed by atoms with E-state index in [4.69, 9.17) is 10.5 Å². The largest absolute Gasteiger partial charge is 0.492 e. The number of nitrogens with two attached hydrogens (primary N) is 1. The number of carbonyl (C=O) groups excluding carboxylic acids is 1. The van der Waals surface area contributed by atoms with Crippen LogP contribution in [0.2, 0.25) is 0 Å². The van der Waals surface area contributed by atoms with E-state index < -0.39 is 0 Å². The number of hydrogen-bond donors (Lipinski definition) is 1. The smallest absolute Gasteiger partial charge is 0.193 e. The van der Waals surface area contributed by atoms with Gasteiger partial charge in [0.15, 0.2) is 5.78 Å². The highest BCUT2D eigenvalue weighted by Crippen LogP contribution is 2.26. The third kappa shape index (κ3) is 3.05. The number of hydrogen-bond acceptors (Lipinski definition) is 3. The lowest BCUT2D eigenvalue weighted by Crippen LogP contribution is -2.08. The van der Waals surface area contributed by atoms with Gasteiger partial charge in [-0.05, 0) is 62.2 Å². The summed E-state index contributed by atoms with van der Waals surface area (Å²) < 4.78 is 18.7. The van der Waals surface area contributed by atoms with Crippen molar-refractivity contribution >= 4 is 11.5 Å². The van der Waals surface area contributed by atoms with Crippen LogP contribution in [0, 0.1) is 19.7 Å². The van der Waals surface area contributed by atoms with E-state index >= 15 is 0 Å². The summed E-state index contributed by atoms with van der Waals surface area (Å²) in [6, 6.07) is 7.66. The second-order valence-corrected chi connectivity index (χ2v) is 4.93. The Morgan fingerprint density at radius 1 is 1.19 bits per heavy atom. The second-order valence-electron chi connectivity index (χ2n) is 4.93. The average molecular weight is 287 g/mol. The van der Waals surface area contributed by atoms with Crippen molar-refractivity contribution in [2.24, 2.45) is 0 Å². The summed E-state index contributed by atoms with van der Waals surface area (Å²) in [5.74, 6) is 0.0501. The van der Waals surface area contributed by atoms with Crippen LogP contribution in [0.4, 0.5) is 10.1 Å². The molecule has 0 aromatic heterocycles. The molecule has 0 saturated heterocycles. The maximum atomic E-state index is 13.3. The number of ether oxygens (including phenoxy) is 1. The summed E-state index contributed by atoms with van der Waals surface area (Å²) in [6.45, 7) is 5.82. The van der Waals surface area contributed by atoms with Crippen LogP contribution in [0.1, 0.15) is 34.0 Å². The molecular weight excluding hydrogens is 269 g/mol. The number of rotatable bonds is 4. The summed E-state index contributed by atoms with van der Waals surface area (Å²) in [6.07, 6.45) is 0. The molecule has 21 heavy (non-hydrogen) atoms. The molecule has 0 aliphatic heterocycles. The van der Waals surface area contributed by atoms with E-state index in [2.05, 4.69) is 0 Å². The van der Waals surface area contributed by atoms with E-state index in [9.17, 15) is 9.18 Å². The molecule has 110 valence electrons. The second kappa shape index (κ2) is 5.95. The van der Waals surface area contributed by atoms with Crippen LogP contribution in [0.3, 0.4) is 0 Å². The standard InChI is InChI=1S/C17H18FNO2/c1-4-21-15-6-5-12(9-14(15)19)17(20)16-10(2)7-13(18)8-11(16)3/h5-9H,4,19H2,1-3H3. The third-order valence-corrected chi connectivity index (χ3v) is 3.30. The zero-order valence-electron chi connectivity index (χ0n) is 12.4. The van der Waals surface area contributed by atoms with Gasteiger partial charge in [-0.15, -0.1) is 0 Å². The van der Waals surface area contributed by atoms with E-state index in [0.29, 0.717) is 40.3 Å². The molecule has 0 spiro atoms. The summed E-state index contributed by atoms with van der Waals surface area (Å²) in [5, 5.41) is 0. The minimum atomic E-state index is -0.340. The Morgan fingerprint density at radius 2 is 1.81 bits per heavy atom. The molecule has 0 fully saturated rings. The number of nitrogen functional groups attached to an aromatic ring is 1. The molecule has 4 heteroatoms. The summed E-state index contributed by atoms with van der Waals surface area (Å²) >= 11 is 0. The van der Waals surface area contributed by atoms with Gasteiger partial charge in [-0.2, -0.15) is 0 Å². The molecular formula is C17H18FNO2. The van der Waals surface area contributed by atoms with Crippen LogP contribution in [-0.4, -0.2) is 12.4 Å². The van der Waals surface area contributed by atoms with Gasteiger partial charge in [0.25, 0.3) is 0 Å². The fourth-order valence-electron chi connectivity index (χ4n) is 2.39. The molecule has 2 N–H and O–H groups in total. The number of ketones is 1.